The van der Waals surface area contributed by atoms with E-state index in [1.165, 1.54) is 142 Å². The molecule has 0 amide bonds. The van der Waals surface area contributed by atoms with Gasteiger partial charge in [0.05, 0.1) is 70.9 Å². The molecule has 0 aromatic carbocycles. The Bertz CT molecular complexity index is 956. The molecular weight excluding hydrogens is 657 g/mol. The largest absolute Gasteiger partial charge is 0.378 e. The fraction of sp³-hybridized carbons (Fsp3) is 1.00. The minimum absolute atomic E-state index is 0.229. The highest BCUT2D eigenvalue weighted by atomic mass is 16.5. The lowest BCUT2D eigenvalue weighted by Crippen LogP contribution is -2.84. The van der Waals surface area contributed by atoms with Crippen molar-refractivity contribution in [3.63, 3.8) is 0 Å². The summed E-state index contributed by atoms with van der Waals surface area (Å²) in [6.07, 6.45) is 31.7. The van der Waals surface area contributed by atoms with Gasteiger partial charge in [0.25, 0.3) is 0 Å². The van der Waals surface area contributed by atoms with Crippen molar-refractivity contribution in [3.05, 3.63) is 0 Å². The van der Waals surface area contributed by atoms with Gasteiger partial charge in [-0.2, -0.15) is 0 Å². The van der Waals surface area contributed by atoms with Crippen molar-refractivity contribution in [1.82, 2.24) is 0 Å². The van der Waals surface area contributed by atoms with Crippen LogP contribution in [0.15, 0.2) is 0 Å². The zero-order valence-electron chi connectivity index (χ0n) is 36.0. The molecule has 11 N–H and O–H groups in total. The molecule has 312 valence electrons. The van der Waals surface area contributed by atoms with Crippen LogP contribution in [0.4, 0.5) is 0 Å². The van der Waals surface area contributed by atoms with E-state index in [0.717, 1.165) is 70.6 Å². The second-order valence-corrected chi connectivity index (χ2v) is 19.2. The molecule has 4 fully saturated rings. The van der Waals surface area contributed by atoms with E-state index in [9.17, 15) is 0 Å². The van der Waals surface area contributed by atoms with Gasteiger partial charge >= 0.3 is 0 Å². The first kappa shape index (κ1) is 45.4. The van der Waals surface area contributed by atoms with Crippen molar-refractivity contribution >= 4 is 0 Å². The second kappa shape index (κ2) is 24.5. The highest BCUT2D eigenvalue weighted by molar-refractivity contribution is 5.15. The van der Waals surface area contributed by atoms with Gasteiger partial charge in [0.1, 0.15) is 0 Å². The lowest BCUT2D eigenvalue weighted by molar-refractivity contribution is -0.655. The van der Waals surface area contributed by atoms with Gasteiger partial charge in [0.2, 0.25) is 0 Å². The maximum absolute atomic E-state index is 7.12. The number of unbranched alkanes of at least 4 members (excludes halogenated alkanes) is 10. The molecule has 7 heteroatoms. The van der Waals surface area contributed by atoms with Crippen LogP contribution in [0.5, 0.6) is 0 Å². The van der Waals surface area contributed by atoms with Crippen LogP contribution < -0.4 is 22.5 Å². The average Bonchev–Trinajstić information content (AvgIpc) is 3.52. The monoisotopic (exact) mass is 751 g/mol. The predicted molar refractivity (Wildman–Crippen MR) is 219 cm³/mol. The molecule has 0 heterocycles. The molecule has 0 unspecified atom stereocenters. The van der Waals surface area contributed by atoms with Crippen LogP contribution in [0.2, 0.25) is 0 Å². The Labute approximate surface area is 328 Å². The molecule has 0 aromatic heterocycles. The molecule has 0 saturated heterocycles. The lowest BCUT2D eigenvalue weighted by atomic mass is 9.43. The van der Waals surface area contributed by atoms with Gasteiger partial charge in [-0.3, -0.25) is 0 Å². The number of nitrogens with two attached hydrogens (primary N) is 1. The van der Waals surface area contributed by atoms with E-state index in [1.807, 2.05) is 0 Å². The van der Waals surface area contributed by atoms with Crippen molar-refractivity contribution in [1.29, 1.82) is 0 Å². The number of fused-ring (bicyclic) bond motifs is 5. The highest BCUT2D eigenvalue weighted by Crippen LogP contribution is 2.69. The van der Waals surface area contributed by atoms with Gasteiger partial charge in [0.15, 0.2) is 0 Å². The number of rotatable bonds is 29. The quantitative estimate of drug-likeness (QED) is 0.0680. The van der Waals surface area contributed by atoms with Gasteiger partial charge in [-0.25, -0.2) is 0 Å². The molecule has 4 rings (SSSR count). The summed E-state index contributed by atoms with van der Waals surface area (Å²) in [5, 5.41) is 2.63. The van der Waals surface area contributed by atoms with E-state index in [4.69, 9.17) is 14.2 Å². The smallest absolute Gasteiger partial charge is 0.0762 e. The van der Waals surface area contributed by atoms with Crippen molar-refractivity contribution in [2.45, 2.75) is 194 Å². The van der Waals surface area contributed by atoms with Gasteiger partial charge in [-0.15, -0.1) is 0 Å². The van der Waals surface area contributed by atoms with Gasteiger partial charge in [-0.1, -0.05) is 85.5 Å². The Morgan fingerprint density at radius 1 is 0.642 bits per heavy atom. The van der Waals surface area contributed by atoms with Crippen molar-refractivity contribution in [2.24, 2.45) is 46.3 Å². The van der Waals surface area contributed by atoms with E-state index in [-0.39, 0.29) is 5.41 Å². The van der Waals surface area contributed by atoms with Crippen LogP contribution in [-0.2, 0) is 14.2 Å². The summed E-state index contributed by atoms with van der Waals surface area (Å²) in [6, 6.07) is 0. The van der Waals surface area contributed by atoms with Crippen molar-refractivity contribution in [3.8, 4) is 0 Å². The highest BCUT2D eigenvalue weighted by Gasteiger charge is 2.66. The molecule has 0 spiro atoms. The first-order valence-electron chi connectivity index (χ1n) is 23.9. The molecule has 7 nitrogen and oxygen atoms in total. The molecule has 4 aliphatic carbocycles. The molecule has 4 aliphatic rings. The summed E-state index contributed by atoms with van der Waals surface area (Å²) >= 11 is 0. The lowest BCUT2D eigenvalue weighted by Gasteiger charge is -2.65. The summed E-state index contributed by atoms with van der Waals surface area (Å²) < 4.78 is 20.6. The normalized spacial score (nSPS) is 34.5. The van der Waals surface area contributed by atoms with E-state index in [2.05, 4.69) is 50.2 Å². The second-order valence-electron chi connectivity index (χ2n) is 19.2. The SMILES string of the molecule is CCCCCCCCCCCCC[NH2+]CCC[C@@H](C)[C@H]1CC[C@H]2[C@@H]3[C@H](OCCC[NH3+])C[C@@H]4C[C@H](OCCC[NH3+])CC[C@]4(C)[C@H]3C[C@H](OCCC[NH3+])[C@]12C. The number of quaternary nitrogens is 4. The molecule has 53 heavy (non-hydrogen) atoms. The summed E-state index contributed by atoms with van der Waals surface area (Å²) in [7, 11) is 0. The summed E-state index contributed by atoms with van der Waals surface area (Å²) in [5.74, 6) is 4.19. The van der Waals surface area contributed by atoms with E-state index >= 15 is 0 Å². The molecule has 0 radical (unpaired) electrons. The molecule has 0 bridgehead atoms. The zero-order valence-corrected chi connectivity index (χ0v) is 36.0. The standard InChI is InChI=1S/C46H90N4O3/c1-5-6-7-8-9-10-11-12-13-14-15-28-50-29-16-20-36(2)39-21-22-40-44-41(35-43(46(39,40)4)53-32-19-27-49)45(3)24-23-38(51-30-17-25-47)33-37(45)34-42(44)52-31-18-26-48/h36-44,50H,5-35,47-49H2,1-4H3/p+4/t36-,37+,38-,39-,40+,41+,42-,43+,44+,45+,46-/m1/s1. The Morgan fingerprint density at radius 3 is 1.91 bits per heavy atom. The van der Waals surface area contributed by atoms with Crippen LogP contribution in [0.3, 0.4) is 0 Å². The number of hydrogen-bond donors (Lipinski definition) is 4. The predicted octanol–water partition coefficient (Wildman–Crippen LogP) is 6.21. The van der Waals surface area contributed by atoms with E-state index in [1.54, 1.807) is 0 Å². The van der Waals surface area contributed by atoms with Crippen molar-refractivity contribution < 1.29 is 36.7 Å². The Morgan fingerprint density at radius 2 is 1.25 bits per heavy atom. The summed E-state index contributed by atoms with van der Waals surface area (Å²) in [4.78, 5) is 0. The fourth-order valence-corrected chi connectivity index (χ4v) is 12.5. The fourth-order valence-electron chi connectivity index (χ4n) is 12.5. The topological polar surface area (TPSA) is 127 Å². The number of hydrogen-bond acceptors (Lipinski definition) is 3. The third kappa shape index (κ3) is 12.6. The van der Waals surface area contributed by atoms with Crippen molar-refractivity contribution in [2.75, 3.05) is 52.5 Å². The maximum atomic E-state index is 7.12. The van der Waals surface area contributed by atoms with Crippen LogP contribution in [0, 0.1) is 46.3 Å². The minimum atomic E-state index is 0.229. The van der Waals surface area contributed by atoms with Gasteiger partial charge < -0.3 is 36.7 Å². The molecule has 0 aliphatic heterocycles. The van der Waals surface area contributed by atoms with Crippen LogP contribution in [0.25, 0.3) is 0 Å². The van der Waals surface area contributed by atoms with Gasteiger partial charge in [0, 0.05) is 24.7 Å². The third-order valence-electron chi connectivity index (χ3n) is 15.7. The first-order valence-corrected chi connectivity index (χ1v) is 23.9. The Kier molecular flexibility index (Phi) is 21.0. The van der Waals surface area contributed by atoms with Crippen LogP contribution in [0.1, 0.15) is 175 Å². The molecule has 11 atom stereocenters. The van der Waals surface area contributed by atoms with Crippen LogP contribution in [-0.4, -0.2) is 70.9 Å². The minimum Gasteiger partial charge on any atom is -0.378 e. The number of ether oxygens (including phenoxy) is 3. The van der Waals surface area contributed by atoms with E-state index in [0.29, 0.717) is 47.4 Å². The molecule has 4 saturated carbocycles. The average molecular weight is 751 g/mol. The maximum Gasteiger partial charge on any atom is 0.0762 e. The zero-order chi connectivity index (χ0) is 37.9. The summed E-state index contributed by atoms with van der Waals surface area (Å²) in [5.41, 5.74) is 13.0. The third-order valence-corrected chi connectivity index (χ3v) is 15.7. The van der Waals surface area contributed by atoms with Gasteiger partial charge in [-0.05, 0) is 112 Å². The molecular formula is C46H94N4O3+4. The summed E-state index contributed by atoms with van der Waals surface area (Å²) in [6.45, 7) is 18.4. The molecule has 0 aromatic rings. The Balaban J connectivity index is 1.33. The van der Waals surface area contributed by atoms with E-state index < -0.39 is 0 Å². The Hall–Kier alpha value is -0.280. The first-order chi connectivity index (χ1) is 25.8. The van der Waals surface area contributed by atoms with Crippen LogP contribution >= 0.6 is 0 Å².